The number of hydrogen-bond acceptors (Lipinski definition) is 3. The highest BCUT2D eigenvalue weighted by molar-refractivity contribution is 5.85. The van der Waals surface area contributed by atoms with Gasteiger partial charge < -0.3 is 5.32 Å². The van der Waals surface area contributed by atoms with Gasteiger partial charge >= 0.3 is 0 Å². The number of carbonyl (C=O) groups is 1. The SMILES string of the molecule is CNCC1CCCN(C2CCCC2=O)C1. The number of carbonyl (C=O) groups excluding carboxylic acids is 1. The van der Waals surface area contributed by atoms with Crippen molar-refractivity contribution in [1.82, 2.24) is 10.2 Å². The zero-order valence-corrected chi connectivity index (χ0v) is 9.67. The fourth-order valence-corrected chi connectivity index (χ4v) is 3.02. The van der Waals surface area contributed by atoms with E-state index in [1.165, 1.54) is 12.8 Å². The molecule has 2 rings (SSSR count). The van der Waals surface area contributed by atoms with E-state index in [1.807, 2.05) is 7.05 Å². The molecule has 1 heterocycles. The zero-order valence-electron chi connectivity index (χ0n) is 9.67. The van der Waals surface area contributed by atoms with E-state index in [2.05, 4.69) is 10.2 Å². The van der Waals surface area contributed by atoms with E-state index in [0.29, 0.717) is 5.78 Å². The number of ketones is 1. The van der Waals surface area contributed by atoms with Gasteiger partial charge in [0.2, 0.25) is 0 Å². The molecule has 1 saturated carbocycles. The van der Waals surface area contributed by atoms with Crippen LogP contribution in [-0.2, 0) is 4.79 Å². The van der Waals surface area contributed by atoms with Crippen LogP contribution in [0.25, 0.3) is 0 Å². The van der Waals surface area contributed by atoms with Crippen molar-refractivity contribution in [3.63, 3.8) is 0 Å². The molecular formula is C12H22N2O. The minimum absolute atomic E-state index is 0.268. The van der Waals surface area contributed by atoms with Gasteiger partial charge in [0.25, 0.3) is 0 Å². The average molecular weight is 210 g/mol. The van der Waals surface area contributed by atoms with Crippen molar-refractivity contribution < 1.29 is 4.79 Å². The first kappa shape index (κ1) is 11.1. The molecule has 1 N–H and O–H groups in total. The van der Waals surface area contributed by atoms with E-state index < -0.39 is 0 Å². The molecule has 15 heavy (non-hydrogen) atoms. The Hall–Kier alpha value is -0.410. The molecule has 2 atom stereocenters. The van der Waals surface area contributed by atoms with Crippen LogP contribution < -0.4 is 5.32 Å². The summed E-state index contributed by atoms with van der Waals surface area (Å²) in [4.78, 5) is 14.1. The summed E-state index contributed by atoms with van der Waals surface area (Å²) < 4.78 is 0. The molecule has 2 aliphatic rings. The lowest BCUT2D eigenvalue weighted by Gasteiger charge is -2.36. The molecule has 0 radical (unpaired) electrons. The van der Waals surface area contributed by atoms with Gasteiger partial charge in [0.1, 0.15) is 5.78 Å². The molecule has 0 amide bonds. The number of nitrogens with one attached hydrogen (secondary N) is 1. The Bertz CT molecular complexity index is 228. The first-order valence-electron chi connectivity index (χ1n) is 6.22. The third-order valence-electron chi connectivity index (χ3n) is 3.76. The van der Waals surface area contributed by atoms with Crippen molar-refractivity contribution in [2.45, 2.75) is 38.1 Å². The molecule has 0 aromatic carbocycles. The molecule has 0 spiro atoms. The minimum atomic E-state index is 0.268. The molecule has 2 fully saturated rings. The van der Waals surface area contributed by atoms with E-state index in [0.717, 1.165) is 44.8 Å². The van der Waals surface area contributed by atoms with Gasteiger partial charge in [0, 0.05) is 13.0 Å². The summed E-state index contributed by atoms with van der Waals surface area (Å²) in [5, 5.41) is 3.25. The molecule has 0 bridgehead atoms. The van der Waals surface area contributed by atoms with Gasteiger partial charge in [0.05, 0.1) is 6.04 Å². The highest BCUT2D eigenvalue weighted by Crippen LogP contribution is 2.25. The van der Waals surface area contributed by atoms with Gasteiger partial charge in [0.15, 0.2) is 0 Å². The Balaban J connectivity index is 1.89. The molecule has 2 unspecified atom stereocenters. The van der Waals surface area contributed by atoms with Crippen molar-refractivity contribution in [2.24, 2.45) is 5.92 Å². The van der Waals surface area contributed by atoms with Gasteiger partial charge in [-0.1, -0.05) is 0 Å². The van der Waals surface area contributed by atoms with Crippen LogP contribution in [0.2, 0.25) is 0 Å². The molecular weight excluding hydrogens is 188 g/mol. The van der Waals surface area contributed by atoms with Gasteiger partial charge in [-0.25, -0.2) is 0 Å². The second-order valence-electron chi connectivity index (χ2n) is 4.94. The predicted molar refractivity (Wildman–Crippen MR) is 60.9 cm³/mol. The number of hydrogen-bond donors (Lipinski definition) is 1. The van der Waals surface area contributed by atoms with Crippen molar-refractivity contribution in [3.05, 3.63) is 0 Å². The summed E-state index contributed by atoms with van der Waals surface area (Å²) in [5.74, 6) is 1.23. The number of nitrogens with zero attached hydrogens (tertiary/aromatic N) is 1. The maximum Gasteiger partial charge on any atom is 0.149 e. The summed E-state index contributed by atoms with van der Waals surface area (Å²) in [7, 11) is 2.01. The van der Waals surface area contributed by atoms with E-state index in [1.54, 1.807) is 0 Å². The molecule has 0 aromatic rings. The summed E-state index contributed by atoms with van der Waals surface area (Å²) in [6, 6.07) is 0.268. The van der Waals surface area contributed by atoms with Crippen LogP contribution in [-0.4, -0.2) is 43.4 Å². The lowest BCUT2D eigenvalue weighted by atomic mass is 9.96. The third kappa shape index (κ3) is 2.58. The summed E-state index contributed by atoms with van der Waals surface area (Å²) in [6.07, 6.45) is 5.61. The molecule has 1 saturated heterocycles. The number of piperidine rings is 1. The second kappa shape index (κ2) is 5.08. The lowest BCUT2D eigenvalue weighted by molar-refractivity contribution is -0.122. The first-order valence-corrected chi connectivity index (χ1v) is 6.22. The van der Waals surface area contributed by atoms with Gasteiger partial charge in [-0.05, 0) is 51.7 Å². The monoisotopic (exact) mass is 210 g/mol. The van der Waals surface area contributed by atoms with Crippen LogP contribution in [0.3, 0.4) is 0 Å². The molecule has 86 valence electrons. The predicted octanol–water partition coefficient (Wildman–Crippen LogP) is 1.04. The Morgan fingerprint density at radius 1 is 1.40 bits per heavy atom. The Labute approximate surface area is 92.2 Å². The second-order valence-corrected chi connectivity index (χ2v) is 4.94. The smallest absolute Gasteiger partial charge is 0.149 e. The Kier molecular flexibility index (Phi) is 3.76. The number of likely N-dealkylation sites (tertiary alicyclic amines) is 1. The van der Waals surface area contributed by atoms with E-state index in [4.69, 9.17) is 0 Å². The van der Waals surface area contributed by atoms with E-state index in [9.17, 15) is 4.79 Å². The summed E-state index contributed by atoms with van der Waals surface area (Å²) in [6.45, 7) is 3.35. The minimum Gasteiger partial charge on any atom is -0.319 e. The summed E-state index contributed by atoms with van der Waals surface area (Å²) >= 11 is 0. The molecule has 0 aromatic heterocycles. The standard InChI is InChI=1S/C12H22N2O/c1-13-8-10-4-3-7-14(9-10)11-5-2-6-12(11)15/h10-11,13H,2-9H2,1H3. The first-order chi connectivity index (χ1) is 7.31. The van der Waals surface area contributed by atoms with Crippen molar-refractivity contribution in [1.29, 1.82) is 0 Å². The largest absolute Gasteiger partial charge is 0.319 e. The van der Waals surface area contributed by atoms with Gasteiger partial charge in [-0.15, -0.1) is 0 Å². The van der Waals surface area contributed by atoms with Gasteiger partial charge in [-0.3, -0.25) is 9.69 Å². The van der Waals surface area contributed by atoms with Gasteiger partial charge in [-0.2, -0.15) is 0 Å². The van der Waals surface area contributed by atoms with Crippen LogP contribution in [0, 0.1) is 5.92 Å². The third-order valence-corrected chi connectivity index (χ3v) is 3.76. The van der Waals surface area contributed by atoms with Crippen molar-refractivity contribution >= 4 is 5.78 Å². The maximum absolute atomic E-state index is 11.7. The molecule has 3 nitrogen and oxygen atoms in total. The highest BCUT2D eigenvalue weighted by Gasteiger charge is 2.32. The molecule has 1 aliphatic heterocycles. The number of Topliss-reactive ketones (excluding diaryl/α,β-unsaturated/α-hetero) is 1. The van der Waals surface area contributed by atoms with Crippen molar-refractivity contribution in [2.75, 3.05) is 26.7 Å². The maximum atomic E-state index is 11.7. The fourth-order valence-electron chi connectivity index (χ4n) is 3.02. The van der Waals surface area contributed by atoms with E-state index >= 15 is 0 Å². The van der Waals surface area contributed by atoms with Crippen LogP contribution in [0.1, 0.15) is 32.1 Å². The number of rotatable bonds is 3. The van der Waals surface area contributed by atoms with Crippen LogP contribution in [0.15, 0.2) is 0 Å². The van der Waals surface area contributed by atoms with Crippen LogP contribution in [0.4, 0.5) is 0 Å². The topological polar surface area (TPSA) is 32.3 Å². The Morgan fingerprint density at radius 3 is 2.93 bits per heavy atom. The van der Waals surface area contributed by atoms with E-state index in [-0.39, 0.29) is 6.04 Å². The zero-order chi connectivity index (χ0) is 10.7. The Morgan fingerprint density at radius 2 is 2.27 bits per heavy atom. The molecule has 1 aliphatic carbocycles. The summed E-state index contributed by atoms with van der Waals surface area (Å²) in [5.41, 5.74) is 0. The molecule has 3 heteroatoms. The lowest BCUT2D eigenvalue weighted by Crippen LogP contribution is -2.46. The normalized spacial score (nSPS) is 33.5. The fraction of sp³-hybridized carbons (Fsp3) is 0.917. The quantitative estimate of drug-likeness (QED) is 0.755. The van der Waals surface area contributed by atoms with Crippen LogP contribution in [0.5, 0.6) is 0 Å². The van der Waals surface area contributed by atoms with Crippen molar-refractivity contribution in [3.8, 4) is 0 Å². The highest BCUT2D eigenvalue weighted by atomic mass is 16.1. The average Bonchev–Trinajstić information content (AvgIpc) is 2.65. The van der Waals surface area contributed by atoms with Crippen LogP contribution >= 0.6 is 0 Å².